The molecule has 1 aromatic carbocycles. The van der Waals surface area contributed by atoms with Crippen molar-refractivity contribution >= 4 is 6.09 Å². The number of ether oxygens (including phenoxy) is 2. The monoisotopic (exact) mass is 293 g/mol. The number of alkyl carbamates (subject to hydrolysis) is 1. The quantitative estimate of drug-likeness (QED) is 0.897. The van der Waals surface area contributed by atoms with Crippen molar-refractivity contribution < 1.29 is 19.4 Å². The maximum absolute atomic E-state index is 12.1. The summed E-state index contributed by atoms with van der Waals surface area (Å²) in [7, 11) is 1.60. The fraction of sp³-hybridized carbons (Fsp3) is 0.562. The Morgan fingerprint density at radius 3 is 2.71 bits per heavy atom. The minimum absolute atomic E-state index is 0.174. The van der Waals surface area contributed by atoms with E-state index in [1.54, 1.807) is 7.11 Å². The van der Waals surface area contributed by atoms with E-state index in [-0.39, 0.29) is 6.61 Å². The lowest BCUT2D eigenvalue weighted by atomic mass is 9.92. The summed E-state index contributed by atoms with van der Waals surface area (Å²) >= 11 is 0. The topological polar surface area (TPSA) is 67.8 Å². The van der Waals surface area contributed by atoms with E-state index >= 15 is 0 Å². The molecule has 116 valence electrons. The van der Waals surface area contributed by atoms with Crippen LogP contribution in [0.25, 0.3) is 0 Å². The number of benzene rings is 1. The largest absolute Gasteiger partial charge is 0.497 e. The van der Waals surface area contributed by atoms with E-state index in [0.29, 0.717) is 12.2 Å². The van der Waals surface area contributed by atoms with Crippen molar-refractivity contribution in [3.05, 3.63) is 29.3 Å². The van der Waals surface area contributed by atoms with Gasteiger partial charge in [-0.05, 0) is 56.9 Å². The van der Waals surface area contributed by atoms with Gasteiger partial charge in [0.15, 0.2) is 0 Å². The van der Waals surface area contributed by atoms with Crippen LogP contribution in [0.2, 0.25) is 0 Å². The second kappa shape index (κ2) is 5.56. The fourth-order valence-electron chi connectivity index (χ4n) is 2.66. The van der Waals surface area contributed by atoms with Gasteiger partial charge < -0.3 is 19.9 Å². The second-order valence-corrected chi connectivity index (χ2v) is 6.39. The van der Waals surface area contributed by atoms with Gasteiger partial charge in [-0.15, -0.1) is 0 Å². The molecule has 0 aliphatic heterocycles. The first-order valence-corrected chi connectivity index (χ1v) is 7.09. The first kappa shape index (κ1) is 15.6. The summed E-state index contributed by atoms with van der Waals surface area (Å²) in [6.45, 7) is 5.25. The molecule has 0 bridgehead atoms. The number of nitrogens with one attached hydrogen (secondary N) is 1. The van der Waals surface area contributed by atoms with Crippen LogP contribution in [0, 0.1) is 0 Å². The van der Waals surface area contributed by atoms with Gasteiger partial charge in [0.1, 0.15) is 11.4 Å². The molecule has 0 spiro atoms. The molecular weight excluding hydrogens is 270 g/mol. The highest BCUT2D eigenvalue weighted by Crippen LogP contribution is 2.38. The van der Waals surface area contributed by atoms with Gasteiger partial charge in [0.25, 0.3) is 0 Å². The van der Waals surface area contributed by atoms with Crippen molar-refractivity contribution in [2.24, 2.45) is 0 Å². The lowest BCUT2D eigenvalue weighted by Crippen LogP contribution is -2.48. The summed E-state index contributed by atoms with van der Waals surface area (Å²) in [5.41, 5.74) is 0.638. The van der Waals surface area contributed by atoms with Crippen molar-refractivity contribution in [3.63, 3.8) is 0 Å². The Morgan fingerprint density at radius 1 is 1.43 bits per heavy atom. The summed E-state index contributed by atoms with van der Waals surface area (Å²) in [5, 5.41) is 12.7. The zero-order chi connectivity index (χ0) is 15.7. The number of aliphatic hydroxyl groups excluding tert-OH is 1. The number of hydrogen-bond acceptors (Lipinski definition) is 4. The van der Waals surface area contributed by atoms with Gasteiger partial charge in [-0.2, -0.15) is 0 Å². The molecule has 2 N–H and O–H groups in total. The molecule has 5 heteroatoms. The van der Waals surface area contributed by atoms with E-state index in [1.165, 1.54) is 0 Å². The third kappa shape index (κ3) is 3.29. The smallest absolute Gasteiger partial charge is 0.408 e. The highest BCUT2D eigenvalue weighted by Gasteiger charge is 2.41. The SMILES string of the molecule is COc1ccc2c(c1)C(CO)(NC(=O)OC(C)(C)C)CC2. The van der Waals surface area contributed by atoms with E-state index in [2.05, 4.69) is 5.32 Å². The van der Waals surface area contributed by atoms with Gasteiger partial charge in [0.2, 0.25) is 0 Å². The number of aliphatic hydroxyl groups is 1. The molecule has 1 unspecified atom stereocenters. The number of fused-ring (bicyclic) bond motifs is 1. The number of methoxy groups -OCH3 is 1. The minimum atomic E-state index is -0.799. The molecule has 1 aliphatic rings. The Hall–Kier alpha value is -1.75. The van der Waals surface area contributed by atoms with Gasteiger partial charge in [-0.1, -0.05) is 6.07 Å². The third-order valence-corrected chi connectivity index (χ3v) is 3.66. The van der Waals surface area contributed by atoms with E-state index in [0.717, 1.165) is 17.5 Å². The van der Waals surface area contributed by atoms with Crippen molar-refractivity contribution in [1.82, 2.24) is 5.32 Å². The lowest BCUT2D eigenvalue weighted by Gasteiger charge is -2.31. The summed E-state index contributed by atoms with van der Waals surface area (Å²) in [6.07, 6.45) is 0.924. The van der Waals surface area contributed by atoms with E-state index in [4.69, 9.17) is 9.47 Å². The van der Waals surface area contributed by atoms with Crippen molar-refractivity contribution in [1.29, 1.82) is 0 Å². The Morgan fingerprint density at radius 2 is 2.14 bits per heavy atom. The van der Waals surface area contributed by atoms with Crippen LogP contribution in [0.5, 0.6) is 5.75 Å². The van der Waals surface area contributed by atoms with Crippen LogP contribution in [0.1, 0.15) is 38.3 Å². The molecule has 1 atom stereocenters. The van der Waals surface area contributed by atoms with Crippen molar-refractivity contribution in [2.45, 2.75) is 44.8 Å². The Kier molecular flexibility index (Phi) is 4.14. The number of amides is 1. The van der Waals surface area contributed by atoms with Crippen LogP contribution in [0.15, 0.2) is 18.2 Å². The average molecular weight is 293 g/mol. The third-order valence-electron chi connectivity index (χ3n) is 3.66. The highest BCUT2D eigenvalue weighted by atomic mass is 16.6. The maximum Gasteiger partial charge on any atom is 0.408 e. The van der Waals surface area contributed by atoms with Crippen LogP contribution < -0.4 is 10.1 Å². The summed E-state index contributed by atoms with van der Waals surface area (Å²) in [4.78, 5) is 12.1. The first-order chi connectivity index (χ1) is 9.79. The van der Waals surface area contributed by atoms with Crippen molar-refractivity contribution in [2.75, 3.05) is 13.7 Å². The molecule has 2 rings (SSSR count). The molecule has 5 nitrogen and oxygen atoms in total. The molecule has 0 saturated heterocycles. The predicted octanol–water partition coefficient (Wildman–Crippen LogP) is 2.35. The zero-order valence-corrected chi connectivity index (χ0v) is 13.0. The molecule has 1 aliphatic carbocycles. The normalized spacial score (nSPS) is 20.8. The van der Waals surface area contributed by atoms with Gasteiger partial charge in [-0.3, -0.25) is 0 Å². The standard InChI is InChI=1S/C16H23NO4/c1-15(2,3)21-14(19)17-16(10-18)8-7-11-5-6-12(20-4)9-13(11)16/h5-6,9,18H,7-8,10H2,1-4H3,(H,17,19). The van der Waals surface area contributed by atoms with E-state index in [9.17, 15) is 9.90 Å². The Labute approximate surface area is 125 Å². The minimum Gasteiger partial charge on any atom is -0.497 e. The van der Waals surface area contributed by atoms with Gasteiger partial charge in [0, 0.05) is 0 Å². The Balaban J connectivity index is 2.27. The van der Waals surface area contributed by atoms with Crippen molar-refractivity contribution in [3.8, 4) is 5.75 Å². The summed E-state index contributed by atoms with van der Waals surface area (Å²) in [5.74, 6) is 0.708. The molecule has 0 heterocycles. The predicted molar refractivity (Wildman–Crippen MR) is 79.4 cm³/mol. The van der Waals surface area contributed by atoms with Crippen LogP contribution in [-0.2, 0) is 16.7 Å². The van der Waals surface area contributed by atoms with Gasteiger partial charge in [-0.25, -0.2) is 4.79 Å². The average Bonchev–Trinajstić information content (AvgIpc) is 2.75. The fourth-order valence-corrected chi connectivity index (χ4v) is 2.66. The second-order valence-electron chi connectivity index (χ2n) is 6.39. The first-order valence-electron chi connectivity index (χ1n) is 7.09. The van der Waals surface area contributed by atoms with Gasteiger partial charge >= 0.3 is 6.09 Å². The van der Waals surface area contributed by atoms with E-state index in [1.807, 2.05) is 39.0 Å². The molecule has 0 aromatic heterocycles. The number of aryl methyl sites for hydroxylation is 1. The van der Waals surface area contributed by atoms with Crippen LogP contribution in [0.3, 0.4) is 0 Å². The molecule has 21 heavy (non-hydrogen) atoms. The number of hydrogen-bond donors (Lipinski definition) is 2. The molecule has 1 aromatic rings. The molecule has 0 fully saturated rings. The Bertz CT molecular complexity index is 536. The highest BCUT2D eigenvalue weighted by molar-refractivity contribution is 5.70. The van der Waals surface area contributed by atoms with Crippen LogP contribution in [-0.4, -0.2) is 30.5 Å². The number of carbonyl (C=O) groups is 1. The molecular formula is C16H23NO4. The number of rotatable bonds is 3. The van der Waals surface area contributed by atoms with Gasteiger partial charge in [0.05, 0.1) is 19.3 Å². The zero-order valence-electron chi connectivity index (χ0n) is 13.0. The van der Waals surface area contributed by atoms with Crippen LogP contribution in [0.4, 0.5) is 4.79 Å². The maximum atomic E-state index is 12.1. The number of carbonyl (C=O) groups excluding carboxylic acids is 1. The summed E-state index contributed by atoms with van der Waals surface area (Å²) in [6, 6.07) is 5.73. The molecule has 1 amide bonds. The molecule has 0 saturated carbocycles. The molecule has 0 radical (unpaired) electrons. The summed E-state index contributed by atoms with van der Waals surface area (Å²) < 4.78 is 10.5. The lowest BCUT2D eigenvalue weighted by molar-refractivity contribution is 0.0393. The van der Waals surface area contributed by atoms with Crippen LogP contribution >= 0.6 is 0 Å². The van der Waals surface area contributed by atoms with E-state index < -0.39 is 17.2 Å².